The largest absolute Gasteiger partial charge is 0.310 e. The van der Waals surface area contributed by atoms with E-state index in [0.717, 1.165) is 23.0 Å². The van der Waals surface area contributed by atoms with E-state index >= 15 is 0 Å². The predicted octanol–water partition coefficient (Wildman–Crippen LogP) is 3.82. The van der Waals surface area contributed by atoms with E-state index in [1.54, 1.807) is 6.07 Å². The molecule has 0 saturated carbocycles. The lowest BCUT2D eigenvalue weighted by atomic mass is 9.97. The van der Waals surface area contributed by atoms with Gasteiger partial charge in [0, 0.05) is 16.1 Å². The van der Waals surface area contributed by atoms with Crippen molar-refractivity contribution in [1.82, 2.24) is 5.32 Å². The van der Waals surface area contributed by atoms with E-state index in [-0.39, 0.29) is 24.3 Å². The zero-order valence-electron chi connectivity index (χ0n) is 8.30. The number of halogens is 3. The normalized spacial score (nSPS) is 20.8. The molecule has 1 aliphatic rings. The first kappa shape index (κ1) is 12.9. The fourth-order valence-corrected chi connectivity index (χ4v) is 2.56. The van der Waals surface area contributed by atoms with Crippen molar-refractivity contribution in [2.75, 3.05) is 6.54 Å². The SMILES string of the molecule is Cl.Fc1cccc(Br)c1[C@H]1CCCCN1. The molecule has 0 spiro atoms. The monoisotopic (exact) mass is 293 g/mol. The van der Waals surface area contributed by atoms with Gasteiger partial charge in [-0.1, -0.05) is 28.4 Å². The Balaban J connectivity index is 0.00000112. The standard InChI is InChI=1S/C11H13BrFN.ClH/c12-8-4-3-5-9(13)11(8)10-6-1-2-7-14-10;/h3-5,10,14H,1-2,6-7H2;1H/t10-;/m1./s1. The molecule has 0 aromatic heterocycles. The van der Waals surface area contributed by atoms with Crippen molar-refractivity contribution in [2.45, 2.75) is 25.3 Å². The molecule has 1 aromatic carbocycles. The van der Waals surface area contributed by atoms with E-state index in [9.17, 15) is 4.39 Å². The molecule has 0 radical (unpaired) electrons. The van der Waals surface area contributed by atoms with Gasteiger partial charge in [-0.05, 0) is 31.5 Å². The highest BCUT2D eigenvalue weighted by molar-refractivity contribution is 9.10. The van der Waals surface area contributed by atoms with Gasteiger partial charge in [-0.3, -0.25) is 0 Å². The predicted molar refractivity (Wildman–Crippen MR) is 65.9 cm³/mol. The summed E-state index contributed by atoms with van der Waals surface area (Å²) in [4.78, 5) is 0. The minimum absolute atomic E-state index is 0. The third-order valence-corrected chi connectivity index (χ3v) is 3.35. The average molecular weight is 295 g/mol. The van der Waals surface area contributed by atoms with Crippen LogP contribution >= 0.6 is 28.3 Å². The summed E-state index contributed by atoms with van der Waals surface area (Å²) < 4.78 is 14.4. The molecule has 1 heterocycles. The van der Waals surface area contributed by atoms with Gasteiger partial charge in [0.1, 0.15) is 5.82 Å². The molecule has 0 bridgehead atoms. The summed E-state index contributed by atoms with van der Waals surface area (Å²) in [6.45, 7) is 0.992. The number of nitrogens with one attached hydrogen (secondary N) is 1. The van der Waals surface area contributed by atoms with Crippen LogP contribution in [0.4, 0.5) is 4.39 Å². The Morgan fingerprint density at radius 3 is 2.73 bits per heavy atom. The Morgan fingerprint density at radius 1 is 1.33 bits per heavy atom. The Kier molecular flexibility index (Phi) is 5.03. The number of benzene rings is 1. The Morgan fingerprint density at radius 2 is 2.13 bits per heavy atom. The Bertz CT molecular complexity index is 306. The lowest BCUT2D eigenvalue weighted by Gasteiger charge is -2.25. The van der Waals surface area contributed by atoms with Crippen LogP contribution < -0.4 is 5.32 Å². The van der Waals surface area contributed by atoms with E-state index in [1.165, 1.54) is 18.9 Å². The molecule has 1 fully saturated rings. The zero-order valence-corrected chi connectivity index (χ0v) is 10.7. The second kappa shape index (κ2) is 5.83. The molecule has 1 aliphatic heterocycles. The second-order valence-corrected chi connectivity index (χ2v) is 4.49. The highest BCUT2D eigenvalue weighted by Gasteiger charge is 2.20. The van der Waals surface area contributed by atoms with Gasteiger partial charge in [0.2, 0.25) is 0 Å². The van der Waals surface area contributed by atoms with Crippen molar-refractivity contribution < 1.29 is 4.39 Å². The van der Waals surface area contributed by atoms with Crippen molar-refractivity contribution in [2.24, 2.45) is 0 Å². The summed E-state index contributed by atoms with van der Waals surface area (Å²) in [5, 5.41) is 3.35. The van der Waals surface area contributed by atoms with Gasteiger partial charge >= 0.3 is 0 Å². The van der Waals surface area contributed by atoms with Gasteiger partial charge < -0.3 is 5.32 Å². The van der Waals surface area contributed by atoms with Crippen molar-refractivity contribution in [3.63, 3.8) is 0 Å². The van der Waals surface area contributed by atoms with Crippen LogP contribution in [-0.4, -0.2) is 6.54 Å². The van der Waals surface area contributed by atoms with Crippen LogP contribution in [0.1, 0.15) is 30.9 Å². The van der Waals surface area contributed by atoms with Crippen LogP contribution in [0.5, 0.6) is 0 Å². The van der Waals surface area contributed by atoms with Crippen molar-refractivity contribution in [3.8, 4) is 0 Å². The minimum atomic E-state index is -0.112. The third-order valence-electron chi connectivity index (χ3n) is 2.66. The number of piperidine rings is 1. The van der Waals surface area contributed by atoms with Crippen LogP contribution in [-0.2, 0) is 0 Å². The quantitative estimate of drug-likeness (QED) is 0.830. The fourth-order valence-electron chi connectivity index (χ4n) is 1.94. The molecule has 1 atom stereocenters. The van der Waals surface area contributed by atoms with Crippen molar-refractivity contribution in [3.05, 3.63) is 34.1 Å². The number of hydrogen-bond acceptors (Lipinski definition) is 1. The smallest absolute Gasteiger partial charge is 0.129 e. The molecule has 1 saturated heterocycles. The third kappa shape index (κ3) is 2.92. The van der Waals surface area contributed by atoms with Crippen LogP contribution in [0.2, 0.25) is 0 Å². The summed E-state index contributed by atoms with van der Waals surface area (Å²) in [6, 6.07) is 5.33. The first-order chi connectivity index (χ1) is 6.79. The average Bonchev–Trinajstić information content (AvgIpc) is 2.19. The topological polar surface area (TPSA) is 12.0 Å². The Labute approximate surface area is 104 Å². The van der Waals surface area contributed by atoms with Crippen LogP contribution in [0, 0.1) is 5.82 Å². The van der Waals surface area contributed by atoms with Gasteiger partial charge in [-0.25, -0.2) is 4.39 Å². The summed E-state index contributed by atoms with van der Waals surface area (Å²) >= 11 is 3.40. The molecule has 1 nitrogen and oxygen atoms in total. The van der Waals surface area contributed by atoms with Gasteiger partial charge in [0.05, 0.1) is 0 Å². The molecule has 1 N–H and O–H groups in total. The molecule has 0 unspecified atom stereocenters. The number of hydrogen-bond donors (Lipinski definition) is 1. The summed E-state index contributed by atoms with van der Waals surface area (Å²) in [5.41, 5.74) is 0.784. The maximum absolute atomic E-state index is 13.6. The minimum Gasteiger partial charge on any atom is -0.310 e. The Hall–Kier alpha value is -0.120. The molecule has 0 aliphatic carbocycles. The number of rotatable bonds is 1. The fraction of sp³-hybridized carbons (Fsp3) is 0.455. The van der Waals surface area contributed by atoms with Gasteiger partial charge in [-0.15, -0.1) is 12.4 Å². The summed E-state index contributed by atoms with van der Waals surface area (Å²) in [5.74, 6) is -0.112. The molecule has 1 aromatic rings. The zero-order chi connectivity index (χ0) is 9.97. The molecule has 84 valence electrons. The lowest BCUT2D eigenvalue weighted by molar-refractivity contribution is 0.398. The molecule has 4 heteroatoms. The molecule has 15 heavy (non-hydrogen) atoms. The van der Waals surface area contributed by atoms with E-state index < -0.39 is 0 Å². The van der Waals surface area contributed by atoms with Gasteiger partial charge in [0.25, 0.3) is 0 Å². The molecular formula is C11H14BrClFN. The van der Waals surface area contributed by atoms with Crippen LogP contribution in [0.3, 0.4) is 0 Å². The highest BCUT2D eigenvalue weighted by Crippen LogP contribution is 2.30. The summed E-state index contributed by atoms with van der Waals surface area (Å²) in [6.07, 6.45) is 3.40. The van der Waals surface area contributed by atoms with Crippen molar-refractivity contribution >= 4 is 28.3 Å². The molecular weight excluding hydrogens is 280 g/mol. The van der Waals surface area contributed by atoms with E-state index in [1.807, 2.05) is 6.07 Å². The first-order valence-corrected chi connectivity index (χ1v) is 5.75. The lowest BCUT2D eigenvalue weighted by Crippen LogP contribution is -2.27. The van der Waals surface area contributed by atoms with Crippen molar-refractivity contribution in [1.29, 1.82) is 0 Å². The maximum Gasteiger partial charge on any atom is 0.129 e. The van der Waals surface area contributed by atoms with E-state index in [0.29, 0.717) is 0 Å². The highest BCUT2D eigenvalue weighted by atomic mass is 79.9. The first-order valence-electron chi connectivity index (χ1n) is 4.96. The van der Waals surface area contributed by atoms with E-state index in [2.05, 4.69) is 21.2 Å². The van der Waals surface area contributed by atoms with E-state index in [4.69, 9.17) is 0 Å². The molecule has 0 amide bonds. The second-order valence-electron chi connectivity index (χ2n) is 3.64. The van der Waals surface area contributed by atoms with Gasteiger partial charge in [0.15, 0.2) is 0 Å². The maximum atomic E-state index is 13.6. The van der Waals surface area contributed by atoms with Crippen LogP contribution in [0.25, 0.3) is 0 Å². The molecule has 2 rings (SSSR count). The van der Waals surface area contributed by atoms with Gasteiger partial charge in [-0.2, -0.15) is 0 Å². The summed E-state index contributed by atoms with van der Waals surface area (Å²) in [7, 11) is 0. The van der Waals surface area contributed by atoms with Crippen LogP contribution in [0.15, 0.2) is 22.7 Å².